The fraction of sp³-hybridized carbons (Fsp3) is 0.526. The summed E-state index contributed by atoms with van der Waals surface area (Å²) in [4.78, 5) is 36.1. The highest BCUT2D eigenvalue weighted by Gasteiger charge is 2.44. The van der Waals surface area contributed by atoms with Crippen LogP contribution in [0.4, 0.5) is 9.18 Å². The Labute approximate surface area is 152 Å². The van der Waals surface area contributed by atoms with Crippen LogP contribution in [0.2, 0.25) is 0 Å². The van der Waals surface area contributed by atoms with Gasteiger partial charge in [-0.3, -0.25) is 14.9 Å². The number of hydrogen-bond donors (Lipinski definition) is 2. The van der Waals surface area contributed by atoms with Crippen molar-refractivity contribution in [2.75, 3.05) is 6.61 Å². The summed E-state index contributed by atoms with van der Waals surface area (Å²) in [5.41, 5.74) is -0.163. The number of carbonyl (C=O) groups excluding carboxylic acids is 3. The third-order valence-electron chi connectivity index (χ3n) is 4.82. The molecule has 26 heavy (non-hydrogen) atoms. The van der Waals surface area contributed by atoms with Crippen LogP contribution in [0.1, 0.15) is 51.5 Å². The Bertz CT molecular complexity index is 654. The Morgan fingerprint density at radius 1 is 1.19 bits per heavy atom. The molecule has 0 saturated heterocycles. The standard InChI is InChI=1S/C19H25FN2O4/c1-3-13(2)21-18(25)22-16(23)12-26-17(24)19(10-4-5-11-19)14-6-8-15(20)9-7-14/h6-9,13H,3-5,10-12H2,1-2H3,(H2,21,22,23,25)/t13-/m1/s1. The molecule has 2 N–H and O–H groups in total. The Morgan fingerprint density at radius 2 is 1.81 bits per heavy atom. The van der Waals surface area contributed by atoms with E-state index in [0.29, 0.717) is 18.4 Å². The molecule has 0 bridgehead atoms. The van der Waals surface area contributed by atoms with E-state index in [1.165, 1.54) is 12.1 Å². The molecule has 3 amide bonds. The number of imide groups is 1. The average Bonchev–Trinajstić information content (AvgIpc) is 3.11. The van der Waals surface area contributed by atoms with Gasteiger partial charge in [0, 0.05) is 6.04 Å². The highest BCUT2D eigenvalue weighted by atomic mass is 19.1. The summed E-state index contributed by atoms with van der Waals surface area (Å²) in [7, 11) is 0. The maximum Gasteiger partial charge on any atom is 0.321 e. The number of halogens is 1. The number of nitrogens with one attached hydrogen (secondary N) is 2. The normalized spacial score (nSPS) is 16.6. The van der Waals surface area contributed by atoms with Gasteiger partial charge in [-0.2, -0.15) is 0 Å². The number of esters is 1. The first-order valence-electron chi connectivity index (χ1n) is 8.91. The van der Waals surface area contributed by atoms with Crippen LogP contribution in [-0.2, 0) is 19.7 Å². The van der Waals surface area contributed by atoms with Gasteiger partial charge in [0.25, 0.3) is 5.91 Å². The third-order valence-corrected chi connectivity index (χ3v) is 4.82. The van der Waals surface area contributed by atoms with Crippen molar-refractivity contribution in [1.82, 2.24) is 10.6 Å². The van der Waals surface area contributed by atoms with Gasteiger partial charge in [0.2, 0.25) is 0 Å². The second-order valence-electron chi connectivity index (χ2n) is 6.70. The number of carbonyl (C=O) groups is 3. The van der Waals surface area contributed by atoms with Crippen molar-refractivity contribution in [3.63, 3.8) is 0 Å². The van der Waals surface area contributed by atoms with E-state index in [4.69, 9.17) is 4.74 Å². The summed E-state index contributed by atoms with van der Waals surface area (Å²) in [5, 5.41) is 4.73. The molecule has 6 nitrogen and oxygen atoms in total. The van der Waals surface area contributed by atoms with Crippen LogP contribution in [-0.4, -0.2) is 30.6 Å². The topological polar surface area (TPSA) is 84.5 Å². The summed E-state index contributed by atoms with van der Waals surface area (Å²) in [5.74, 6) is -1.58. The average molecular weight is 364 g/mol. The van der Waals surface area contributed by atoms with Crippen molar-refractivity contribution in [1.29, 1.82) is 0 Å². The monoisotopic (exact) mass is 364 g/mol. The van der Waals surface area contributed by atoms with Crippen LogP contribution in [0.15, 0.2) is 24.3 Å². The minimum Gasteiger partial charge on any atom is -0.455 e. The van der Waals surface area contributed by atoms with Gasteiger partial charge in [-0.15, -0.1) is 0 Å². The van der Waals surface area contributed by atoms with Crippen LogP contribution in [0.5, 0.6) is 0 Å². The van der Waals surface area contributed by atoms with E-state index >= 15 is 0 Å². The molecule has 0 spiro atoms. The number of hydrogen-bond acceptors (Lipinski definition) is 4. The molecule has 1 aromatic carbocycles. The second kappa shape index (κ2) is 8.78. The van der Waals surface area contributed by atoms with E-state index < -0.39 is 29.9 Å². The molecule has 0 aromatic heterocycles. The van der Waals surface area contributed by atoms with E-state index in [-0.39, 0.29) is 11.9 Å². The summed E-state index contributed by atoms with van der Waals surface area (Å²) in [6.07, 6.45) is 3.63. The molecule has 2 rings (SSSR count). The lowest BCUT2D eigenvalue weighted by molar-refractivity contribution is -0.154. The van der Waals surface area contributed by atoms with Gasteiger partial charge in [0.1, 0.15) is 5.82 Å². The van der Waals surface area contributed by atoms with E-state index in [1.54, 1.807) is 12.1 Å². The quantitative estimate of drug-likeness (QED) is 0.760. The minimum atomic E-state index is -0.854. The lowest BCUT2D eigenvalue weighted by Crippen LogP contribution is -2.45. The molecule has 0 unspecified atom stereocenters. The Kier molecular flexibility index (Phi) is 6.71. The van der Waals surface area contributed by atoms with Crippen molar-refractivity contribution >= 4 is 17.9 Å². The molecule has 1 aliphatic rings. The number of amides is 3. The maximum atomic E-state index is 13.2. The van der Waals surface area contributed by atoms with E-state index in [9.17, 15) is 18.8 Å². The van der Waals surface area contributed by atoms with E-state index in [1.807, 2.05) is 13.8 Å². The number of rotatable bonds is 6. The Hall–Kier alpha value is -2.44. The molecule has 1 aliphatic carbocycles. The number of benzene rings is 1. The molecule has 1 atom stereocenters. The predicted octanol–water partition coefficient (Wildman–Crippen LogP) is 2.81. The molecule has 0 heterocycles. The van der Waals surface area contributed by atoms with Gasteiger partial charge in [-0.05, 0) is 43.9 Å². The maximum absolute atomic E-state index is 13.2. The van der Waals surface area contributed by atoms with Crippen molar-refractivity contribution in [3.8, 4) is 0 Å². The summed E-state index contributed by atoms with van der Waals surface area (Å²) in [6, 6.07) is 5.12. The zero-order chi connectivity index (χ0) is 19.2. The van der Waals surface area contributed by atoms with Gasteiger partial charge in [-0.1, -0.05) is 31.9 Å². The van der Waals surface area contributed by atoms with Crippen LogP contribution < -0.4 is 10.6 Å². The molecule has 1 fully saturated rings. The lowest BCUT2D eigenvalue weighted by Gasteiger charge is -2.27. The van der Waals surface area contributed by atoms with Crippen molar-refractivity contribution < 1.29 is 23.5 Å². The molecule has 0 aliphatic heterocycles. The van der Waals surface area contributed by atoms with Crippen molar-refractivity contribution in [2.24, 2.45) is 0 Å². The zero-order valence-corrected chi connectivity index (χ0v) is 15.1. The molecular formula is C19H25FN2O4. The SMILES string of the molecule is CC[C@@H](C)NC(=O)NC(=O)COC(=O)C1(c2ccc(F)cc2)CCCC1. The fourth-order valence-electron chi connectivity index (χ4n) is 3.15. The van der Waals surface area contributed by atoms with Crippen LogP contribution in [0.3, 0.4) is 0 Å². The van der Waals surface area contributed by atoms with Gasteiger partial charge in [-0.25, -0.2) is 9.18 Å². The van der Waals surface area contributed by atoms with E-state index in [2.05, 4.69) is 10.6 Å². The third kappa shape index (κ3) is 4.80. The fourth-order valence-corrected chi connectivity index (χ4v) is 3.15. The predicted molar refractivity (Wildman–Crippen MR) is 93.9 cm³/mol. The second-order valence-corrected chi connectivity index (χ2v) is 6.70. The van der Waals surface area contributed by atoms with Gasteiger partial charge in [0.05, 0.1) is 5.41 Å². The molecule has 1 saturated carbocycles. The minimum absolute atomic E-state index is 0.0643. The molecule has 1 aromatic rings. The van der Waals surface area contributed by atoms with Crippen LogP contribution in [0.25, 0.3) is 0 Å². The molecule has 0 radical (unpaired) electrons. The van der Waals surface area contributed by atoms with Gasteiger partial charge >= 0.3 is 12.0 Å². The van der Waals surface area contributed by atoms with Crippen molar-refractivity contribution in [3.05, 3.63) is 35.6 Å². The van der Waals surface area contributed by atoms with Gasteiger partial charge < -0.3 is 10.1 Å². The van der Waals surface area contributed by atoms with Gasteiger partial charge in [0.15, 0.2) is 6.61 Å². The van der Waals surface area contributed by atoms with Crippen LogP contribution >= 0.6 is 0 Å². The summed E-state index contributed by atoms with van der Waals surface area (Å²) < 4.78 is 18.4. The lowest BCUT2D eigenvalue weighted by atomic mass is 9.79. The first kappa shape index (κ1) is 19.9. The van der Waals surface area contributed by atoms with Crippen molar-refractivity contribution in [2.45, 2.75) is 57.4 Å². The summed E-state index contributed by atoms with van der Waals surface area (Å²) in [6.45, 7) is 3.19. The smallest absolute Gasteiger partial charge is 0.321 e. The largest absolute Gasteiger partial charge is 0.455 e. The Balaban J connectivity index is 1.95. The van der Waals surface area contributed by atoms with E-state index in [0.717, 1.165) is 19.3 Å². The molecule has 142 valence electrons. The number of urea groups is 1. The molecular weight excluding hydrogens is 339 g/mol. The molecule has 7 heteroatoms. The number of ether oxygens (including phenoxy) is 1. The summed E-state index contributed by atoms with van der Waals surface area (Å²) >= 11 is 0. The first-order chi connectivity index (χ1) is 12.4. The highest BCUT2D eigenvalue weighted by molar-refractivity contribution is 5.96. The Morgan fingerprint density at radius 3 is 2.38 bits per heavy atom. The highest BCUT2D eigenvalue weighted by Crippen LogP contribution is 2.42. The van der Waals surface area contributed by atoms with Crippen LogP contribution in [0, 0.1) is 5.82 Å². The first-order valence-corrected chi connectivity index (χ1v) is 8.91. The zero-order valence-electron chi connectivity index (χ0n) is 15.1.